The molecular weight excluding hydrogens is 380 g/mol. The Morgan fingerprint density at radius 3 is 2.47 bits per heavy atom. The fourth-order valence-electron chi connectivity index (χ4n) is 2.98. The van der Waals surface area contributed by atoms with Crippen LogP contribution >= 0.6 is 0 Å². The van der Waals surface area contributed by atoms with Crippen molar-refractivity contribution in [3.63, 3.8) is 0 Å². The molecule has 7 nitrogen and oxygen atoms in total. The van der Waals surface area contributed by atoms with Crippen LogP contribution in [0.3, 0.4) is 0 Å². The molecule has 30 heavy (non-hydrogen) atoms. The lowest BCUT2D eigenvalue weighted by molar-refractivity contribution is -0.122. The number of amides is 4. The number of rotatable bonds is 9. The van der Waals surface area contributed by atoms with Crippen molar-refractivity contribution in [3.05, 3.63) is 65.2 Å². The van der Waals surface area contributed by atoms with Gasteiger partial charge in [-0.15, -0.1) is 0 Å². The van der Waals surface area contributed by atoms with Gasteiger partial charge in [-0.25, -0.2) is 4.79 Å². The Bertz CT molecular complexity index is 898. The minimum atomic E-state index is -0.681. The highest BCUT2D eigenvalue weighted by Crippen LogP contribution is 2.18. The molecule has 0 aliphatic heterocycles. The minimum Gasteiger partial charge on any atom is -0.352 e. The largest absolute Gasteiger partial charge is 0.352 e. The van der Waals surface area contributed by atoms with Crippen molar-refractivity contribution in [2.24, 2.45) is 11.7 Å². The maximum Gasteiger partial charge on any atom is 0.312 e. The van der Waals surface area contributed by atoms with E-state index in [0.717, 1.165) is 23.1 Å². The van der Waals surface area contributed by atoms with Crippen LogP contribution < -0.4 is 21.7 Å². The standard InChI is InChI=1S/C23H30N4O3/c1-4-16(3)22(29)26-19-10-6-8-17(12-19)14-25-21(28)13-20(27-23(24)30)18-9-5-7-15(2)11-18/h5-12,16,20H,4,13-14H2,1-3H3,(H,25,28)(H,26,29)(H3,24,27,30). The number of nitrogens with two attached hydrogens (primary N) is 1. The molecule has 0 fully saturated rings. The Balaban J connectivity index is 1.97. The molecule has 2 atom stereocenters. The Morgan fingerprint density at radius 1 is 1.07 bits per heavy atom. The van der Waals surface area contributed by atoms with Crippen LogP contribution in [0.2, 0.25) is 0 Å². The third-order valence-electron chi connectivity index (χ3n) is 4.89. The normalized spacial score (nSPS) is 12.5. The number of carbonyl (C=O) groups excluding carboxylic acids is 3. The molecule has 2 aromatic rings. The van der Waals surface area contributed by atoms with E-state index in [1.54, 1.807) is 0 Å². The van der Waals surface area contributed by atoms with Gasteiger partial charge in [-0.3, -0.25) is 9.59 Å². The van der Waals surface area contributed by atoms with Crippen molar-refractivity contribution in [1.29, 1.82) is 0 Å². The molecule has 0 saturated heterocycles. The first kappa shape index (κ1) is 22.9. The summed E-state index contributed by atoms with van der Waals surface area (Å²) >= 11 is 0. The van der Waals surface area contributed by atoms with Crippen molar-refractivity contribution in [1.82, 2.24) is 10.6 Å². The Kier molecular flexibility index (Phi) is 8.41. The quantitative estimate of drug-likeness (QED) is 0.508. The van der Waals surface area contributed by atoms with Crippen LogP contribution in [0.5, 0.6) is 0 Å². The lowest BCUT2D eigenvalue weighted by Gasteiger charge is -2.18. The summed E-state index contributed by atoms with van der Waals surface area (Å²) in [6.07, 6.45) is 0.833. The summed E-state index contributed by atoms with van der Waals surface area (Å²) in [6, 6.07) is 13.7. The highest BCUT2D eigenvalue weighted by molar-refractivity contribution is 5.92. The van der Waals surface area contributed by atoms with Gasteiger partial charge in [0.1, 0.15) is 0 Å². The number of benzene rings is 2. The van der Waals surface area contributed by atoms with Crippen LogP contribution in [0.25, 0.3) is 0 Å². The van der Waals surface area contributed by atoms with Gasteiger partial charge in [0.15, 0.2) is 0 Å². The zero-order valence-corrected chi connectivity index (χ0v) is 17.7. The molecule has 0 bridgehead atoms. The van der Waals surface area contributed by atoms with E-state index in [-0.39, 0.29) is 24.2 Å². The van der Waals surface area contributed by atoms with Gasteiger partial charge in [0, 0.05) is 18.2 Å². The molecule has 0 heterocycles. The van der Waals surface area contributed by atoms with Gasteiger partial charge in [-0.05, 0) is 36.6 Å². The average Bonchev–Trinajstić information content (AvgIpc) is 2.71. The molecular formula is C23H30N4O3. The molecule has 0 spiro atoms. The van der Waals surface area contributed by atoms with Gasteiger partial charge in [-0.2, -0.15) is 0 Å². The van der Waals surface area contributed by atoms with E-state index in [0.29, 0.717) is 12.2 Å². The second kappa shape index (κ2) is 11.0. The second-order valence-corrected chi connectivity index (χ2v) is 7.46. The zero-order valence-electron chi connectivity index (χ0n) is 17.7. The van der Waals surface area contributed by atoms with E-state index in [2.05, 4.69) is 16.0 Å². The van der Waals surface area contributed by atoms with Crippen molar-refractivity contribution in [2.75, 3.05) is 5.32 Å². The molecule has 7 heteroatoms. The number of hydrogen-bond donors (Lipinski definition) is 4. The summed E-state index contributed by atoms with van der Waals surface area (Å²) in [6.45, 7) is 6.10. The van der Waals surface area contributed by atoms with Gasteiger partial charge in [0.05, 0.1) is 12.5 Å². The number of hydrogen-bond acceptors (Lipinski definition) is 3. The topological polar surface area (TPSA) is 113 Å². The highest BCUT2D eigenvalue weighted by atomic mass is 16.2. The van der Waals surface area contributed by atoms with Crippen molar-refractivity contribution >= 4 is 23.5 Å². The van der Waals surface area contributed by atoms with Gasteiger partial charge in [0.2, 0.25) is 11.8 Å². The SMILES string of the molecule is CCC(C)C(=O)Nc1cccc(CNC(=O)CC(NC(N)=O)c2cccc(C)c2)c1. The van der Waals surface area contributed by atoms with Gasteiger partial charge in [-0.1, -0.05) is 55.8 Å². The number of primary amides is 1. The predicted molar refractivity (Wildman–Crippen MR) is 118 cm³/mol. The van der Waals surface area contributed by atoms with Crippen molar-refractivity contribution in [2.45, 2.75) is 46.2 Å². The average molecular weight is 411 g/mol. The van der Waals surface area contributed by atoms with Gasteiger partial charge < -0.3 is 21.7 Å². The summed E-state index contributed by atoms with van der Waals surface area (Å²) < 4.78 is 0. The Hall–Kier alpha value is -3.35. The lowest BCUT2D eigenvalue weighted by Crippen LogP contribution is -2.36. The molecule has 0 aliphatic carbocycles. The molecule has 0 aromatic heterocycles. The second-order valence-electron chi connectivity index (χ2n) is 7.46. The van der Waals surface area contributed by atoms with Gasteiger partial charge in [0.25, 0.3) is 0 Å². The van der Waals surface area contributed by atoms with E-state index in [1.165, 1.54) is 0 Å². The minimum absolute atomic E-state index is 0.0304. The molecule has 2 aromatic carbocycles. The molecule has 0 radical (unpaired) electrons. The van der Waals surface area contributed by atoms with Crippen molar-refractivity contribution < 1.29 is 14.4 Å². The van der Waals surface area contributed by atoms with E-state index in [1.807, 2.05) is 69.3 Å². The molecule has 160 valence electrons. The fourth-order valence-corrected chi connectivity index (χ4v) is 2.98. The Morgan fingerprint density at radius 2 is 1.80 bits per heavy atom. The highest BCUT2D eigenvalue weighted by Gasteiger charge is 2.17. The van der Waals surface area contributed by atoms with E-state index < -0.39 is 12.1 Å². The first-order valence-electron chi connectivity index (χ1n) is 10.1. The van der Waals surface area contributed by atoms with Crippen molar-refractivity contribution in [3.8, 4) is 0 Å². The summed E-state index contributed by atoms with van der Waals surface area (Å²) in [5, 5.41) is 8.38. The summed E-state index contributed by atoms with van der Waals surface area (Å²) in [4.78, 5) is 35.9. The van der Waals surface area contributed by atoms with E-state index >= 15 is 0 Å². The van der Waals surface area contributed by atoms with Crippen LogP contribution in [-0.4, -0.2) is 17.8 Å². The fraction of sp³-hybridized carbons (Fsp3) is 0.348. The van der Waals surface area contributed by atoms with Crippen LogP contribution in [-0.2, 0) is 16.1 Å². The predicted octanol–water partition coefficient (Wildman–Crippen LogP) is 3.40. The molecule has 0 aliphatic rings. The first-order chi connectivity index (χ1) is 14.3. The maximum atomic E-state index is 12.5. The number of nitrogens with one attached hydrogen (secondary N) is 3. The maximum absolute atomic E-state index is 12.5. The number of urea groups is 1. The number of anilines is 1. The summed E-state index contributed by atoms with van der Waals surface area (Å²) in [5.41, 5.74) is 8.68. The van der Waals surface area contributed by atoms with Gasteiger partial charge >= 0.3 is 6.03 Å². The smallest absolute Gasteiger partial charge is 0.312 e. The molecule has 4 amide bonds. The third kappa shape index (κ3) is 7.24. The van der Waals surface area contributed by atoms with E-state index in [9.17, 15) is 14.4 Å². The van der Waals surface area contributed by atoms with Crippen LogP contribution in [0, 0.1) is 12.8 Å². The van der Waals surface area contributed by atoms with Crippen LogP contribution in [0.4, 0.5) is 10.5 Å². The Labute approximate surface area is 177 Å². The van der Waals surface area contributed by atoms with Crippen LogP contribution in [0.15, 0.2) is 48.5 Å². The van der Waals surface area contributed by atoms with E-state index in [4.69, 9.17) is 5.73 Å². The third-order valence-corrected chi connectivity index (χ3v) is 4.89. The molecule has 2 rings (SSSR count). The molecule has 2 unspecified atom stereocenters. The summed E-state index contributed by atoms with van der Waals surface area (Å²) in [5.74, 6) is -0.314. The lowest BCUT2D eigenvalue weighted by atomic mass is 10.0. The molecule has 0 saturated carbocycles. The molecule has 5 N–H and O–H groups in total. The monoisotopic (exact) mass is 410 g/mol. The van der Waals surface area contributed by atoms with Crippen LogP contribution in [0.1, 0.15) is 49.4 Å². The number of carbonyl (C=O) groups is 3. The first-order valence-corrected chi connectivity index (χ1v) is 10.1. The summed E-state index contributed by atoms with van der Waals surface area (Å²) in [7, 11) is 0. The number of aryl methyl sites for hydroxylation is 1. The zero-order chi connectivity index (χ0) is 22.1.